The summed E-state index contributed by atoms with van der Waals surface area (Å²) >= 11 is 0. The van der Waals surface area contributed by atoms with Crippen molar-refractivity contribution in [3.63, 3.8) is 0 Å². The lowest BCUT2D eigenvalue weighted by molar-refractivity contribution is 0.669. The Morgan fingerprint density at radius 1 is 0.302 bits per heavy atom. The first-order valence-electron chi connectivity index (χ1n) is 21.2. The number of aromatic nitrogens is 5. The lowest BCUT2D eigenvalue weighted by Crippen LogP contribution is -2.00. The summed E-state index contributed by atoms with van der Waals surface area (Å²) in [6.07, 6.45) is 0. The second-order valence-electron chi connectivity index (χ2n) is 16.0. The van der Waals surface area contributed by atoms with Crippen LogP contribution in [0.2, 0.25) is 0 Å². The smallest absolute Gasteiger partial charge is 0.164 e. The van der Waals surface area contributed by atoms with Gasteiger partial charge in [0.2, 0.25) is 0 Å². The van der Waals surface area contributed by atoms with Gasteiger partial charge in [-0.25, -0.2) is 15.0 Å². The maximum Gasteiger partial charge on any atom is 0.164 e. The average Bonchev–Trinajstić information content (AvgIpc) is 4.02. The van der Waals surface area contributed by atoms with Crippen LogP contribution in [0.4, 0.5) is 0 Å². The fraction of sp³-hybridized carbons (Fsp3) is 0. The molecule has 294 valence electrons. The van der Waals surface area contributed by atoms with E-state index in [1.54, 1.807) is 0 Å². The highest BCUT2D eigenvalue weighted by Crippen LogP contribution is 2.41. The van der Waals surface area contributed by atoms with Crippen molar-refractivity contribution in [2.45, 2.75) is 0 Å². The van der Waals surface area contributed by atoms with E-state index >= 15 is 0 Å². The van der Waals surface area contributed by atoms with Crippen molar-refractivity contribution in [3.05, 3.63) is 212 Å². The monoisotopic (exact) mass is 805 g/mol. The molecule has 0 radical (unpaired) electrons. The van der Waals surface area contributed by atoms with Crippen molar-refractivity contribution < 1.29 is 4.42 Å². The molecule has 63 heavy (non-hydrogen) atoms. The maximum atomic E-state index is 6.61. The zero-order chi connectivity index (χ0) is 41.4. The summed E-state index contributed by atoms with van der Waals surface area (Å²) < 4.78 is 11.4. The lowest BCUT2D eigenvalue weighted by Gasteiger charge is -2.16. The summed E-state index contributed by atoms with van der Waals surface area (Å²) in [7, 11) is 0. The molecule has 0 saturated carbocycles. The van der Waals surface area contributed by atoms with E-state index in [1.165, 1.54) is 21.5 Å². The number of rotatable bonds is 6. The molecule has 0 fully saturated rings. The fourth-order valence-electron chi connectivity index (χ4n) is 9.54. The van der Waals surface area contributed by atoms with E-state index in [4.69, 9.17) is 19.4 Å². The zero-order valence-corrected chi connectivity index (χ0v) is 33.9. The number of hydrogen-bond donors (Lipinski definition) is 0. The van der Waals surface area contributed by atoms with E-state index in [-0.39, 0.29) is 0 Å². The molecule has 6 nitrogen and oxygen atoms in total. The van der Waals surface area contributed by atoms with Crippen LogP contribution in [0.3, 0.4) is 0 Å². The number of hydrogen-bond acceptors (Lipinski definition) is 4. The molecular weight excluding hydrogens is 771 g/mol. The van der Waals surface area contributed by atoms with Crippen LogP contribution >= 0.6 is 0 Å². The molecule has 0 aliphatic heterocycles. The lowest BCUT2D eigenvalue weighted by atomic mass is 9.99. The number of nitrogens with zero attached hydrogens (tertiary/aromatic N) is 5. The van der Waals surface area contributed by atoms with E-state index in [0.29, 0.717) is 17.5 Å². The Labute approximate surface area is 361 Å². The minimum Gasteiger partial charge on any atom is -0.456 e. The predicted octanol–water partition coefficient (Wildman–Crippen LogP) is 14.6. The Hall–Kier alpha value is -8.61. The summed E-state index contributed by atoms with van der Waals surface area (Å²) in [4.78, 5) is 15.2. The molecule has 13 aromatic rings. The van der Waals surface area contributed by atoms with E-state index in [2.05, 4.69) is 149 Å². The Morgan fingerprint density at radius 3 is 1.27 bits per heavy atom. The molecule has 13 rings (SSSR count). The molecule has 6 heteroatoms. The van der Waals surface area contributed by atoms with Crippen molar-refractivity contribution in [3.8, 4) is 56.7 Å². The highest BCUT2D eigenvalue weighted by Gasteiger charge is 2.21. The molecule has 0 aliphatic rings. The Kier molecular flexibility index (Phi) is 7.80. The van der Waals surface area contributed by atoms with Crippen LogP contribution < -0.4 is 0 Å². The van der Waals surface area contributed by atoms with Crippen LogP contribution in [0.5, 0.6) is 0 Å². The molecule has 0 amide bonds. The quantitative estimate of drug-likeness (QED) is 0.168. The van der Waals surface area contributed by atoms with Gasteiger partial charge in [-0.2, -0.15) is 0 Å². The van der Waals surface area contributed by atoms with Gasteiger partial charge in [0.05, 0.1) is 22.1 Å². The van der Waals surface area contributed by atoms with Gasteiger partial charge in [0, 0.05) is 60.4 Å². The number of furan rings is 1. The normalized spacial score (nSPS) is 11.8. The topological polar surface area (TPSA) is 61.7 Å². The summed E-state index contributed by atoms with van der Waals surface area (Å²) in [5, 5.41) is 6.83. The molecule has 9 aromatic carbocycles. The molecule has 0 atom stereocenters. The highest BCUT2D eigenvalue weighted by molar-refractivity contribution is 6.14. The third-order valence-electron chi connectivity index (χ3n) is 12.3. The molecule has 0 unspecified atom stereocenters. The first kappa shape index (κ1) is 35.2. The van der Waals surface area contributed by atoms with Gasteiger partial charge in [0.1, 0.15) is 11.2 Å². The largest absolute Gasteiger partial charge is 0.456 e. The minimum absolute atomic E-state index is 0.587. The van der Waals surface area contributed by atoms with Crippen LogP contribution in [-0.2, 0) is 0 Å². The third kappa shape index (κ3) is 5.62. The van der Waals surface area contributed by atoms with Gasteiger partial charge in [-0.1, -0.05) is 152 Å². The number of fused-ring (bicyclic) bond motifs is 9. The van der Waals surface area contributed by atoms with Gasteiger partial charge in [-0.05, 0) is 71.8 Å². The molecular formula is C57H35N5O. The van der Waals surface area contributed by atoms with Crippen LogP contribution in [0.15, 0.2) is 217 Å². The van der Waals surface area contributed by atoms with Gasteiger partial charge in [0.15, 0.2) is 17.5 Å². The summed E-state index contributed by atoms with van der Waals surface area (Å²) in [5.41, 5.74) is 13.2. The highest BCUT2D eigenvalue weighted by atomic mass is 16.3. The van der Waals surface area contributed by atoms with Gasteiger partial charge in [-0.3, -0.25) is 0 Å². The van der Waals surface area contributed by atoms with Crippen molar-refractivity contribution >= 4 is 65.6 Å². The van der Waals surface area contributed by atoms with Gasteiger partial charge in [0.25, 0.3) is 0 Å². The summed E-state index contributed by atoms with van der Waals surface area (Å²) in [6.45, 7) is 0. The average molecular weight is 806 g/mol. The van der Waals surface area contributed by atoms with Crippen LogP contribution in [-0.4, -0.2) is 24.1 Å². The Balaban J connectivity index is 1.06. The van der Waals surface area contributed by atoms with Gasteiger partial charge in [-0.15, -0.1) is 0 Å². The van der Waals surface area contributed by atoms with Gasteiger partial charge < -0.3 is 13.6 Å². The third-order valence-corrected chi connectivity index (χ3v) is 12.3. The van der Waals surface area contributed by atoms with Crippen molar-refractivity contribution in [1.29, 1.82) is 0 Å². The molecule has 0 bridgehead atoms. The maximum absolute atomic E-state index is 6.61. The van der Waals surface area contributed by atoms with Crippen LogP contribution in [0.1, 0.15) is 0 Å². The van der Waals surface area contributed by atoms with E-state index < -0.39 is 0 Å². The van der Waals surface area contributed by atoms with Crippen molar-refractivity contribution in [2.24, 2.45) is 0 Å². The Morgan fingerprint density at radius 2 is 0.762 bits per heavy atom. The second kappa shape index (κ2) is 14.0. The molecule has 4 heterocycles. The fourth-order valence-corrected chi connectivity index (χ4v) is 9.54. The SMILES string of the molecule is c1ccc(-c2nc(-c3ccccc3)nc(-c3cccc4oc5ccc(-c6cc(-n7c8ccccc8c8ccccc87)cc(-n7c8ccccc8c8ccccc87)c6)cc5c34)n2)cc1. The molecule has 0 N–H and O–H groups in total. The van der Waals surface area contributed by atoms with Crippen molar-refractivity contribution in [2.75, 3.05) is 0 Å². The van der Waals surface area contributed by atoms with Crippen LogP contribution in [0, 0.1) is 0 Å². The zero-order valence-electron chi connectivity index (χ0n) is 33.9. The second-order valence-corrected chi connectivity index (χ2v) is 16.0. The van der Waals surface area contributed by atoms with E-state index in [1.807, 2.05) is 72.8 Å². The first-order valence-corrected chi connectivity index (χ1v) is 21.2. The van der Waals surface area contributed by atoms with Gasteiger partial charge >= 0.3 is 0 Å². The minimum atomic E-state index is 0.587. The molecule has 0 aliphatic carbocycles. The first-order chi connectivity index (χ1) is 31.2. The van der Waals surface area contributed by atoms with Crippen molar-refractivity contribution in [1.82, 2.24) is 24.1 Å². The molecule has 0 spiro atoms. The predicted molar refractivity (Wildman–Crippen MR) is 258 cm³/mol. The molecule has 4 aromatic heterocycles. The standard InChI is InChI=1S/C57H35N5O/c1-3-16-36(17-4-1)55-58-56(37-18-5-2-6-19-37)60-57(59-55)46-24-15-29-53-54(46)47-34-38(30-31-52(47)63-53)39-32-40(61-48-25-11-7-20-42(48)43-21-8-12-26-49(43)61)35-41(33-39)62-50-27-13-9-22-44(50)45-23-10-14-28-51(45)62/h1-35H. The van der Waals surface area contributed by atoms with E-state index in [9.17, 15) is 0 Å². The molecule has 0 saturated heterocycles. The Bertz CT molecular complexity index is 3620. The van der Waals surface area contributed by atoms with Crippen LogP contribution in [0.25, 0.3) is 122 Å². The number of benzene rings is 9. The van der Waals surface area contributed by atoms with E-state index in [0.717, 1.165) is 83.2 Å². The number of para-hydroxylation sites is 4. The summed E-state index contributed by atoms with van der Waals surface area (Å²) in [6, 6.07) is 74.6. The summed E-state index contributed by atoms with van der Waals surface area (Å²) in [5.74, 6) is 1.82.